The van der Waals surface area contributed by atoms with Crippen LogP contribution in [0.2, 0.25) is 0 Å². The first-order valence-corrected chi connectivity index (χ1v) is 7.34. The van der Waals surface area contributed by atoms with Crippen LogP contribution < -0.4 is 5.32 Å². The highest BCUT2D eigenvalue weighted by atomic mass is 16.5. The summed E-state index contributed by atoms with van der Waals surface area (Å²) in [5.74, 6) is 0.0953. The second-order valence-corrected chi connectivity index (χ2v) is 5.36. The Morgan fingerprint density at radius 1 is 1.52 bits per heavy atom. The highest BCUT2D eigenvalue weighted by Gasteiger charge is 2.20. The molecule has 2 rings (SSSR count). The maximum Gasteiger partial charge on any atom is 0.273 e. The highest BCUT2D eigenvalue weighted by molar-refractivity contribution is 5.94. The molecule has 1 aliphatic rings. The Bertz CT molecular complexity index is 459. The van der Waals surface area contributed by atoms with E-state index in [1.807, 2.05) is 0 Å². The standard InChI is InChI=1S/C15H23N3O3/c1-21-10-9-18-7-4-12(5-8-18)11-17-15(20)14-13(19)3-2-6-16-14/h2-3,6,12,19H,4-5,7-11H2,1H3,(H,17,20). The summed E-state index contributed by atoms with van der Waals surface area (Å²) in [6, 6.07) is 3.07. The first-order valence-electron chi connectivity index (χ1n) is 7.34. The van der Waals surface area contributed by atoms with Crippen molar-refractivity contribution in [3.63, 3.8) is 0 Å². The van der Waals surface area contributed by atoms with E-state index >= 15 is 0 Å². The van der Waals surface area contributed by atoms with E-state index in [2.05, 4.69) is 15.2 Å². The van der Waals surface area contributed by atoms with Crippen LogP contribution >= 0.6 is 0 Å². The van der Waals surface area contributed by atoms with Gasteiger partial charge in [-0.1, -0.05) is 0 Å². The monoisotopic (exact) mass is 293 g/mol. The minimum Gasteiger partial charge on any atom is -0.505 e. The zero-order valence-electron chi connectivity index (χ0n) is 12.4. The third-order valence-electron chi connectivity index (χ3n) is 3.87. The molecule has 21 heavy (non-hydrogen) atoms. The van der Waals surface area contributed by atoms with Gasteiger partial charge in [0.05, 0.1) is 6.61 Å². The van der Waals surface area contributed by atoms with Crippen molar-refractivity contribution in [1.29, 1.82) is 0 Å². The van der Waals surface area contributed by atoms with E-state index in [0.29, 0.717) is 12.5 Å². The van der Waals surface area contributed by atoms with Crippen molar-refractivity contribution < 1.29 is 14.6 Å². The largest absolute Gasteiger partial charge is 0.505 e. The number of pyridine rings is 1. The first kappa shape index (κ1) is 15.7. The lowest BCUT2D eigenvalue weighted by molar-refractivity contribution is 0.0918. The molecule has 6 heteroatoms. The molecule has 116 valence electrons. The molecule has 0 radical (unpaired) electrons. The molecule has 1 amide bonds. The van der Waals surface area contributed by atoms with Gasteiger partial charge in [0, 0.05) is 26.4 Å². The van der Waals surface area contributed by atoms with Crippen molar-refractivity contribution in [3.8, 4) is 5.75 Å². The topological polar surface area (TPSA) is 74.7 Å². The molecule has 1 aromatic heterocycles. The molecule has 1 saturated heterocycles. The number of hydrogen-bond acceptors (Lipinski definition) is 5. The lowest BCUT2D eigenvalue weighted by atomic mass is 9.97. The average Bonchev–Trinajstić information content (AvgIpc) is 2.52. The summed E-state index contributed by atoms with van der Waals surface area (Å²) < 4.78 is 5.08. The Hall–Kier alpha value is -1.66. The lowest BCUT2D eigenvalue weighted by Gasteiger charge is -2.31. The van der Waals surface area contributed by atoms with Gasteiger partial charge in [-0.3, -0.25) is 4.79 Å². The summed E-state index contributed by atoms with van der Waals surface area (Å²) in [6.07, 6.45) is 3.64. The Kier molecular flexibility index (Phi) is 5.95. The highest BCUT2D eigenvalue weighted by Crippen LogP contribution is 2.17. The normalized spacial score (nSPS) is 16.8. The smallest absolute Gasteiger partial charge is 0.273 e. The van der Waals surface area contributed by atoms with Crippen LogP contribution in [0.15, 0.2) is 18.3 Å². The average molecular weight is 293 g/mol. The number of aromatic hydroxyl groups is 1. The summed E-state index contributed by atoms with van der Waals surface area (Å²) in [6.45, 7) is 4.45. The molecule has 0 unspecified atom stereocenters. The number of carbonyl (C=O) groups is 1. The Morgan fingerprint density at radius 2 is 2.29 bits per heavy atom. The maximum atomic E-state index is 12.0. The summed E-state index contributed by atoms with van der Waals surface area (Å²) in [4.78, 5) is 18.2. The molecule has 0 bridgehead atoms. The molecule has 1 fully saturated rings. The summed E-state index contributed by atoms with van der Waals surface area (Å²) in [5.41, 5.74) is 0.0926. The Morgan fingerprint density at radius 3 is 2.95 bits per heavy atom. The van der Waals surface area contributed by atoms with Crippen LogP contribution in [-0.4, -0.2) is 60.8 Å². The third kappa shape index (κ3) is 4.68. The molecule has 0 aliphatic carbocycles. The van der Waals surface area contributed by atoms with Crippen LogP contribution in [0, 0.1) is 5.92 Å². The van der Waals surface area contributed by atoms with Crippen molar-refractivity contribution in [2.45, 2.75) is 12.8 Å². The van der Waals surface area contributed by atoms with Crippen LogP contribution in [0.5, 0.6) is 5.75 Å². The lowest BCUT2D eigenvalue weighted by Crippen LogP contribution is -2.40. The Balaban J connectivity index is 1.72. The van der Waals surface area contributed by atoms with Gasteiger partial charge in [-0.2, -0.15) is 0 Å². The minimum atomic E-state index is -0.310. The number of piperidine rings is 1. The first-order chi connectivity index (χ1) is 10.2. The van der Waals surface area contributed by atoms with Crippen LogP contribution in [-0.2, 0) is 4.74 Å². The van der Waals surface area contributed by atoms with E-state index in [9.17, 15) is 9.90 Å². The zero-order chi connectivity index (χ0) is 15.1. The van der Waals surface area contributed by atoms with Crippen LogP contribution in [0.1, 0.15) is 23.3 Å². The molecule has 1 aromatic rings. The molecular formula is C15H23N3O3. The van der Waals surface area contributed by atoms with Crippen molar-refractivity contribution in [3.05, 3.63) is 24.0 Å². The maximum absolute atomic E-state index is 12.0. The van der Waals surface area contributed by atoms with Gasteiger partial charge >= 0.3 is 0 Å². The SMILES string of the molecule is COCCN1CCC(CNC(=O)c2ncccc2O)CC1. The van der Waals surface area contributed by atoms with E-state index in [1.54, 1.807) is 13.2 Å². The molecule has 1 aliphatic heterocycles. The van der Waals surface area contributed by atoms with Gasteiger partial charge in [0.15, 0.2) is 5.69 Å². The number of ether oxygens (including phenoxy) is 1. The fourth-order valence-electron chi connectivity index (χ4n) is 2.53. The molecule has 2 heterocycles. The number of amides is 1. The third-order valence-corrected chi connectivity index (χ3v) is 3.87. The number of nitrogens with one attached hydrogen (secondary N) is 1. The minimum absolute atomic E-state index is 0.0793. The number of likely N-dealkylation sites (tertiary alicyclic amines) is 1. The zero-order valence-corrected chi connectivity index (χ0v) is 12.4. The quantitative estimate of drug-likeness (QED) is 0.814. The molecule has 0 atom stereocenters. The van der Waals surface area contributed by atoms with Gasteiger partial charge in [0.25, 0.3) is 5.91 Å². The Labute approximate surface area is 125 Å². The number of hydrogen-bond donors (Lipinski definition) is 2. The van der Waals surface area contributed by atoms with Gasteiger partial charge in [-0.25, -0.2) is 4.98 Å². The molecule has 0 aromatic carbocycles. The predicted octanol–water partition coefficient (Wildman–Crippen LogP) is 0.875. The summed E-state index contributed by atoms with van der Waals surface area (Å²) in [7, 11) is 1.72. The molecule has 0 spiro atoms. The van der Waals surface area contributed by atoms with Crippen molar-refractivity contribution in [2.75, 3.05) is 39.9 Å². The van der Waals surface area contributed by atoms with E-state index in [0.717, 1.165) is 39.1 Å². The number of carbonyl (C=O) groups excluding carboxylic acids is 1. The van der Waals surface area contributed by atoms with E-state index < -0.39 is 0 Å². The number of nitrogens with zero attached hydrogens (tertiary/aromatic N) is 2. The van der Waals surface area contributed by atoms with Crippen molar-refractivity contribution in [1.82, 2.24) is 15.2 Å². The fraction of sp³-hybridized carbons (Fsp3) is 0.600. The fourth-order valence-corrected chi connectivity index (χ4v) is 2.53. The van der Waals surface area contributed by atoms with Crippen LogP contribution in [0.3, 0.4) is 0 Å². The molecular weight excluding hydrogens is 270 g/mol. The molecule has 6 nitrogen and oxygen atoms in total. The number of methoxy groups -OCH3 is 1. The second-order valence-electron chi connectivity index (χ2n) is 5.36. The van der Waals surface area contributed by atoms with Gasteiger partial charge in [0.2, 0.25) is 0 Å². The predicted molar refractivity (Wildman–Crippen MR) is 79.3 cm³/mol. The number of aromatic nitrogens is 1. The summed E-state index contributed by atoms with van der Waals surface area (Å²) in [5, 5.41) is 12.5. The summed E-state index contributed by atoms with van der Waals surface area (Å²) >= 11 is 0. The van der Waals surface area contributed by atoms with E-state index in [1.165, 1.54) is 12.3 Å². The van der Waals surface area contributed by atoms with Gasteiger partial charge in [-0.05, 0) is 44.0 Å². The van der Waals surface area contributed by atoms with Crippen LogP contribution in [0.25, 0.3) is 0 Å². The van der Waals surface area contributed by atoms with Crippen molar-refractivity contribution in [2.24, 2.45) is 5.92 Å². The van der Waals surface area contributed by atoms with Gasteiger partial charge in [-0.15, -0.1) is 0 Å². The van der Waals surface area contributed by atoms with Gasteiger partial charge < -0.3 is 20.1 Å². The number of rotatable bonds is 6. The van der Waals surface area contributed by atoms with E-state index in [4.69, 9.17) is 4.74 Å². The molecule has 0 saturated carbocycles. The van der Waals surface area contributed by atoms with Crippen LogP contribution in [0.4, 0.5) is 0 Å². The van der Waals surface area contributed by atoms with Gasteiger partial charge in [0.1, 0.15) is 5.75 Å². The molecule has 2 N–H and O–H groups in total. The second kappa shape index (κ2) is 7.95. The van der Waals surface area contributed by atoms with E-state index in [-0.39, 0.29) is 17.4 Å². The van der Waals surface area contributed by atoms with Crippen molar-refractivity contribution >= 4 is 5.91 Å².